The number of carbonyl (C=O) groups excluding carboxylic acids is 2. The molecule has 2 amide bonds. The Morgan fingerprint density at radius 3 is 2.21 bits per heavy atom. The van der Waals surface area contributed by atoms with Crippen LogP contribution >= 0.6 is 0 Å². The molecule has 5 heteroatoms. The van der Waals surface area contributed by atoms with Crippen molar-refractivity contribution in [3.8, 4) is 11.1 Å². The van der Waals surface area contributed by atoms with E-state index in [1.54, 1.807) is 12.4 Å². The molecule has 0 unspecified atom stereocenters. The molecule has 1 aliphatic rings. The average Bonchev–Trinajstić information content (AvgIpc) is 2.76. The summed E-state index contributed by atoms with van der Waals surface area (Å²) in [6, 6.07) is 12.4. The number of benzene rings is 1. The summed E-state index contributed by atoms with van der Waals surface area (Å²) in [4.78, 5) is 31.2. The van der Waals surface area contributed by atoms with E-state index in [9.17, 15) is 9.59 Å². The average molecular weight is 394 g/mol. The van der Waals surface area contributed by atoms with Gasteiger partial charge in [0.1, 0.15) is 0 Å². The summed E-state index contributed by atoms with van der Waals surface area (Å²) in [6.45, 7) is 5.92. The third-order valence-electron chi connectivity index (χ3n) is 5.87. The molecule has 154 valence electrons. The number of amides is 2. The Labute approximate surface area is 173 Å². The quantitative estimate of drug-likeness (QED) is 0.777. The first-order valence-electron chi connectivity index (χ1n) is 10.6. The maximum Gasteiger partial charge on any atom is 0.226 e. The zero-order chi connectivity index (χ0) is 20.7. The molecule has 0 aliphatic carbocycles. The minimum Gasteiger partial charge on any atom is -0.356 e. The summed E-state index contributed by atoms with van der Waals surface area (Å²) < 4.78 is 0. The van der Waals surface area contributed by atoms with Gasteiger partial charge >= 0.3 is 0 Å². The Balaban J connectivity index is 1.75. The van der Waals surface area contributed by atoms with E-state index in [0.29, 0.717) is 45.3 Å². The van der Waals surface area contributed by atoms with Gasteiger partial charge in [0.05, 0.1) is 5.41 Å². The van der Waals surface area contributed by atoms with Crippen LogP contribution < -0.4 is 5.32 Å². The predicted octanol–water partition coefficient (Wildman–Crippen LogP) is 3.84. The van der Waals surface area contributed by atoms with Crippen LogP contribution in [0, 0.1) is 5.41 Å². The molecular weight excluding hydrogens is 362 g/mol. The third-order valence-corrected chi connectivity index (χ3v) is 5.87. The van der Waals surface area contributed by atoms with E-state index in [-0.39, 0.29) is 11.8 Å². The molecule has 1 fully saturated rings. The molecule has 3 rings (SSSR count). The second-order valence-corrected chi connectivity index (χ2v) is 7.88. The van der Waals surface area contributed by atoms with E-state index in [2.05, 4.69) is 34.6 Å². The molecule has 1 aliphatic heterocycles. The highest BCUT2D eigenvalue weighted by molar-refractivity contribution is 5.84. The second-order valence-electron chi connectivity index (χ2n) is 7.88. The molecule has 0 atom stereocenters. The number of carbonyl (C=O) groups is 2. The van der Waals surface area contributed by atoms with Gasteiger partial charge in [-0.05, 0) is 61.4 Å². The first kappa shape index (κ1) is 21.0. The summed E-state index contributed by atoms with van der Waals surface area (Å²) in [5, 5.41) is 3.03. The SMILES string of the molecule is CCCC(=O)N1CCC(Cc2ccc(-c3ccncc3)cc2)(C(=O)NCC)CC1. The molecule has 0 saturated carbocycles. The molecular formula is C24H31N3O2. The summed E-state index contributed by atoms with van der Waals surface area (Å²) in [5.41, 5.74) is 2.98. The van der Waals surface area contributed by atoms with Crippen molar-refractivity contribution in [1.29, 1.82) is 0 Å². The lowest BCUT2D eigenvalue weighted by Crippen LogP contribution is -2.51. The molecule has 1 aromatic carbocycles. The highest BCUT2D eigenvalue weighted by Crippen LogP contribution is 2.36. The van der Waals surface area contributed by atoms with E-state index in [1.807, 2.05) is 30.9 Å². The number of piperidine rings is 1. The van der Waals surface area contributed by atoms with Crippen LogP contribution in [0.3, 0.4) is 0 Å². The fourth-order valence-electron chi connectivity index (χ4n) is 4.14. The lowest BCUT2D eigenvalue weighted by atomic mass is 9.72. The minimum absolute atomic E-state index is 0.112. The fraction of sp³-hybridized carbons (Fsp3) is 0.458. The number of likely N-dealkylation sites (tertiary alicyclic amines) is 1. The zero-order valence-electron chi connectivity index (χ0n) is 17.5. The zero-order valence-corrected chi connectivity index (χ0v) is 17.5. The normalized spacial score (nSPS) is 15.7. The van der Waals surface area contributed by atoms with Crippen LogP contribution in [0.1, 0.15) is 45.1 Å². The molecule has 2 aromatic rings. The van der Waals surface area contributed by atoms with Crippen LogP contribution in [-0.2, 0) is 16.0 Å². The molecule has 1 N–H and O–H groups in total. The van der Waals surface area contributed by atoms with E-state index in [0.717, 1.165) is 23.1 Å². The summed E-state index contributed by atoms with van der Waals surface area (Å²) in [5.74, 6) is 0.319. The van der Waals surface area contributed by atoms with Crippen molar-refractivity contribution < 1.29 is 9.59 Å². The maximum atomic E-state index is 13.0. The second kappa shape index (κ2) is 9.68. The van der Waals surface area contributed by atoms with Crippen molar-refractivity contribution in [3.05, 3.63) is 54.4 Å². The minimum atomic E-state index is -0.447. The molecule has 0 bridgehead atoms. The summed E-state index contributed by atoms with van der Waals surface area (Å²) in [6.07, 6.45) is 7.15. The molecule has 1 aromatic heterocycles. The van der Waals surface area contributed by atoms with Crippen molar-refractivity contribution in [2.75, 3.05) is 19.6 Å². The molecule has 29 heavy (non-hydrogen) atoms. The smallest absolute Gasteiger partial charge is 0.226 e. The Bertz CT molecular complexity index is 810. The van der Waals surface area contributed by atoms with Crippen molar-refractivity contribution in [2.45, 2.75) is 46.0 Å². The Morgan fingerprint density at radius 2 is 1.62 bits per heavy atom. The van der Waals surface area contributed by atoms with Crippen molar-refractivity contribution >= 4 is 11.8 Å². The Morgan fingerprint density at radius 1 is 1.00 bits per heavy atom. The first-order valence-corrected chi connectivity index (χ1v) is 10.6. The van der Waals surface area contributed by atoms with Crippen LogP contribution in [0.25, 0.3) is 11.1 Å². The van der Waals surface area contributed by atoms with Gasteiger partial charge in [-0.15, -0.1) is 0 Å². The highest BCUT2D eigenvalue weighted by Gasteiger charge is 2.41. The largest absolute Gasteiger partial charge is 0.356 e. The number of nitrogens with zero attached hydrogens (tertiary/aromatic N) is 2. The first-order chi connectivity index (χ1) is 14.1. The van der Waals surface area contributed by atoms with Crippen LogP contribution in [0.2, 0.25) is 0 Å². The number of nitrogens with one attached hydrogen (secondary N) is 1. The van der Waals surface area contributed by atoms with Gasteiger partial charge in [-0.25, -0.2) is 0 Å². The van der Waals surface area contributed by atoms with Gasteiger partial charge < -0.3 is 10.2 Å². The predicted molar refractivity (Wildman–Crippen MR) is 115 cm³/mol. The topological polar surface area (TPSA) is 62.3 Å². The van der Waals surface area contributed by atoms with Gasteiger partial charge in [-0.3, -0.25) is 14.6 Å². The van der Waals surface area contributed by atoms with Crippen LogP contribution in [0.4, 0.5) is 0 Å². The number of hydrogen-bond acceptors (Lipinski definition) is 3. The van der Waals surface area contributed by atoms with E-state index < -0.39 is 5.41 Å². The van der Waals surface area contributed by atoms with Crippen molar-refractivity contribution in [3.63, 3.8) is 0 Å². The van der Waals surface area contributed by atoms with Crippen molar-refractivity contribution in [2.24, 2.45) is 5.41 Å². The standard InChI is InChI=1S/C24H31N3O2/c1-3-5-22(28)27-16-12-24(13-17-27,23(29)26-4-2)18-19-6-8-20(9-7-19)21-10-14-25-15-11-21/h6-11,14-15H,3-5,12-13,16-18H2,1-2H3,(H,26,29). The maximum absolute atomic E-state index is 13.0. The van der Waals surface area contributed by atoms with Gasteiger partial charge in [0.2, 0.25) is 11.8 Å². The van der Waals surface area contributed by atoms with Gasteiger partial charge in [0, 0.05) is 38.4 Å². The molecule has 0 spiro atoms. The monoisotopic (exact) mass is 393 g/mol. The van der Waals surface area contributed by atoms with E-state index in [1.165, 1.54) is 0 Å². The Hall–Kier alpha value is -2.69. The van der Waals surface area contributed by atoms with Gasteiger partial charge in [-0.2, -0.15) is 0 Å². The van der Waals surface area contributed by atoms with Gasteiger partial charge in [0.25, 0.3) is 0 Å². The van der Waals surface area contributed by atoms with Crippen molar-refractivity contribution in [1.82, 2.24) is 15.2 Å². The summed E-state index contributed by atoms with van der Waals surface area (Å²) in [7, 11) is 0. The van der Waals surface area contributed by atoms with Crippen LogP contribution in [-0.4, -0.2) is 41.3 Å². The molecule has 5 nitrogen and oxygen atoms in total. The van der Waals surface area contributed by atoms with Crippen LogP contribution in [0.5, 0.6) is 0 Å². The molecule has 0 radical (unpaired) electrons. The van der Waals surface area contributed by atoms with Gasteiger partial charge in [0.15, 0.2) is 0 Å². The Kier molecular flexibility index (Phi) is 7.02. The number of pyridine rings is 1. The van der Waals surface area contributed by atoms with Crippen LogP contribution in [0.15, 0.2) is 48.8 Å². The molecule has 2 heterocycles. The number of hydrogen-bond donors (Lipinski definition) is 1. The van der Waals surface area contributed by atoms with Gasteiger partial charge in [-0.1, -0.05) is 31.2 Å². The third kappa shape index (κ3) is 5.03. The fourth-order valence-corrected chi connectivity index (χ4v) is 4.14. The molecule has 1 saturated heterocycles. The number of aromatic nitrogens is 1. The summed E-state index contributed by atoms with van der Waals surface area (Å²) >= 11 is 0. The number of rotatable bonds is 7. The lowest BCUT2D eigenvalue weighted by molar-refractivity contribution is -0.140. The highest BCUT2D eigenvalue weighted by atomic mass is 16.2. The van der Waals surface area contributed by atoms with E-state index >= 15 is 0 Å². The van der Waals surface area contributed by atoms with E-state index in [4.69, 9.17) is 0 Å². The lowest BCUT2D eigenvalue weighted by Gasteiger charge is -2.41.